The topological polar surface area (TPSA) is 63.2 Å². The van der Waals surface area contributed by atoms with E-state index in [9.17, 15) is 9.18 Å². The molecule has 29 heavy (non-hydrogen) atoms. The molecule has 0 aliphatic carbocycles. The summed E-state index contributed by atoms with van der Waals surface area (Å²) in [5, 5.41) is 6.13. The lowest BCUT2D eigenvalue weighted by Crippen LogP contribution is -2.26. The third-order valence-corrected chi connectivity index (χ3v) is 4.51. The number of hydrogen-bond acceptors (Lipinski definition) is 4. The molecule has 0 radical (unpaired) electrons. The quantitative estimate of drug-likeness (QED) is 0.580. The van der Waals surface area contributed by atoms with Crippen molar-refractivity contribution in [2.45, 2.75) is 12.8 Å². The summed E-state index contributed by atoms with van der Waals surface area (Å²) in [4.78, 5) is 16.4. The Labute approximate surface area is 169 Å². The van der Waals surface area contributed by atoms with Gasteiger partial charge in [-0.2, -0.15) is 0 Å². The van der Waals surface area contributed by atoms with Gasteiger partial charge in [-0.25, -0.2) is 9.37 Å². The lowest BCUT2D eigenvalue weighted by molar-refractivity contribution is 0.0949. The van der Waals surface area contributed by atoms with Gasteiger partial charge in [0.2, 0.25) is 0 Å². The van der Waals surface area contributed by atoms with E-state index in [4.69, 9.17) is 4.74 Å². The van der Waals surface area contributed by atoms with E-state index in [0.717, 1.165) is 30.0 Å². The van der Waals surface area contributed by atoms with Crippen LogP contribution in [0.25, 0.3) is 0 Å². The highest BCUT2D eigenvalue weighted by molar-refractivity contribution is 5.92. The van der Waals surface area contributed by atoms with Crippen molar-refractivity contribution in [2.75, 3.05) is 25.5 Å². The van der Waals surface area contributed by atoms with Crippen LogP contribution >= 0.6 is 0 Å². The Morgan fingerprint density at radius 3 is 2.21 bits per heavy atom. The van der Waals surface area contributed by atoms with Gasteiger partial charge in [0.25, 0.3) is 5.91 Å². The number of ether oxygens (including phenoxy) is 1. The number of aromatic nitrogens is 1. The maximum Gasteiger partial charge on any atom is 0.269 e. The molecule has 0 fully saturated rings. The predicted molar refractivity (Wildman–Crippen MR) is 112 cm³/mol. The van der Waals surface area contributed by atoms with Gasteiger partial charge in [0.1, 0.15) is 17.3 Å². The highest BCUT2D eigenvalue weighted by atomic mass is 19.1. The first-order valence-electron chi connectivity index (χ1n) is 9.49. The number of nitrogens with zero attached hydrogens (tertiary/aromatic N) is 1. The molecular formula is C23H24FN3O2. The first-order valence-corrected chi connectivity index (χ1v) is 9.49. The number of pyridine rings is 1. The number of rotatable bonds is 9. The summed E-state index contributed by atoms with van der Waals surface area (Å²) in [6.45, 7) is 1.23. The highest BCUT2D eigenvalue weighted by Gasteiger charge is 2.06. The molecule has 0 saturated carbocycles. The van der Waals surface area contributed by atoms with E-state index in [1.165, 1.54) is 17.7 Å². The number of methoxy groups -OCH3 is 1. The number of benzene rings is 2. The number of nitrogens with one attached hydrogen (secondary N) is 2. The Balaban J connectivity index is 1.41. The first-order chi connectivity index (χ1) is 14.1. The summed E-state index contributed by atoms with van der Waals surface area (Å²) in [6.07, 6.45) is 3.16. The molecule has 0 saturated heterocycles. The predicted octanol–water partition coefficient (Wildman–Crippen LogP) is 3.86. The highest BCUT2D eigenvalue weighted by Crippen LogP contribution is 2.12. The number of carbonyl (C=O) groups is 1. The van der Waals surface area contributed by atoms with E-state index in [1.54, 1.807) is 31.5 Å². The van der Waals surface area contributed by atoms with Crippen LogP contribution in [0.3, 0.4) is 0 Å². The molecule has 6 heteroatoms. The molecule has 0 unspecified atom stereocenters. The van der Waals surface area contributed by atoms with Gasteiger partial charge in [-0.15, -0.1) is 0 Å². The second-order valence-electron chi connectivity index (χ2n) is 6.59. The maximum atomic E-state index is 12.9. The molecule has 2 aromatic carbocycles. The van der Waals surface area contributed by atoms with Gasteiger partial charge in [0, 0.05) is 13.1 Å². The minimum atomic E-state index is -0.264. The maximum absolute atomic E-state index is 12.9. The van der Waals surface area contributed by atoms with Crippen LogP contribution in [0.4, 0.5) is 10.1 Å². The van der Waals surface area contributed by atoms with E-state index in [0.29, 0.717) is 18.7 Å². The van der Waals surface area contributed by atoms with Gasteiger partial charge in [-0.05, 0) is 60.4 Å². The zero-order valence-corrected chi connectivity index (χ0v) is 16.3. The molecule has 0 aliphatic heterocycles. The van der Waals surface area contributed by atoms with Crippen LogP contribution < -0.4 is 15.4 Å². The minimum Gasteiger partial charge on any atom is -0.497 e. The van der Waals surface area contributed by atoms with Crippen molar-refractivity contribution in [3.63, 3.8) is 0 Å². The Morgan fingerprint density at radius 1 is 0.931 bits per heavy atom. The van der Waals surface area contributed by atoms with Gasteiger partial charge >= 0.3 is 0 Å². The van der Waals surface area contributed by atoms with Gasteiger partial charge < -0.3 is 15.4 Å². The molecular weight excluding hydrogens is 369 g/mol. The van der Waals surface area contributed by atoms with Crippen molar-refractivity contribution < 1.29 is 13.9 Å². The second kappa shape index (κ2) is 10.2. The Bertz CT molecular complexity index is 910. The molecule has 2 N–H and O–H groups in total. The molecule has 150 valence electrons. The van der Waals surface area contributed by atoms with Crippen molar-refractivity contribution in [1.82, 2.24) is 10.3 Å². The lowest BCUT2D eigenvalue weighted by Gasteiger charge is -2.08. The van der Waals surface area contributed by atoms with Crippen molar-refractivity contribution >= 4 is 11.6 Å². The van der Waals surface area contributed by atoms with Crippen molar-refractivity contribution in [1.29, 1.82) is 0 Å². The van der Waals surface area contributed by atoms with Crippen molar-refractivity contribution in [2.24, 2.45) is 0 Å². The molecule has 0 bridgehead atoms. The number of carbonyl (C=O) groups excluding carboxylic acids is 1. The Morgan fingerprint density at radius 2 is 1.59 bits per heavy atom. The van der Waals surface area contributed by atoms with Crippen molar-refractivity contribution in [3.05, 3.63) is 89.5 Å². The number of halogens is 1. The summed E-state index contributed by atoms with van der Waals surface area (Å²) >= 11 is 0. The third kappa shape index (κ3) is 6.31. The molecule has 5 nitrogen and oxygen atoms in total. The minimum absolute atomic E-state index is 0.225. The summed E-state index contributed by atoms with van der Waals surface area (Å²) in [6, 6.07) is 17.8. The number of amides is 1. The average molecular weight is 393 g/mol. The first kappa shape index (κ1) is 20.3. The molecule has 1 amide bonds. The van der Waals surface area contributed by atoms with E-state index in [2.05, 4.69) is 15.6 Å². The largest absolute Gasteiger partial charge is 0.497 e. The monoisotopic (exact) mass is 393 g/mol. The van der Waals surface area contributed by atoms with E-state index in [1.807, 2.05) is 30.3 Å². The molecule has 1 heterocycles. The van der Waals surface area contributed by atoms with Crippen LogP contribution in [0.1, 0.15) is 21.6 Å². The molecule has 1 aromatic heterocycles. The molecule has 3 rings (SSSR count). The van der Waals surface area contributed by atoms with Crippen molar-refractivity contribution in [3.8, 4) is 5.75 Å². The molecule has 0 spiro atoms. The lowest BCUT2D eigenvalue weighted by atomic mass is 10.1. The number of hydrogen-bond donors (Lipinski definition) is 2. The van der Waals surface area contributed by atoms with E-state index < -0.39 is 0 Å². The fourth-order valence-electron chi connectivity index (χ4n) is 2.84. The third-order valence-electron chi connectivity index (χ3n) is 4.51. The van der Waals surface area contributed by atoms with Gasteiger partial charge in [-0.3, -0.25) is 4.79 Å². The zero-order valence-electron chi connectivity index (χ0n) is 16.3. The van der Waals surface area contributed by atoms with Crippen LogP contribution in [-0.2, 0) is 12.8 Å². The fourth-order valence-corrected chi connectivity index (χ4v) is 2.84. The summed E-state index contributed by atoms with van der Waals surface area (Å²) in [5.41, 5.74) is 3.41. The van der Waals surface area contributed by atoms with Crippen LogP contribution in [-0.4, -0.2) is 31.1 Å². The molecule has 3 aromatic rings. The van der Waals surface area contributed by atoms with Gasteiger partial charge in [0.05, 0.1) is 19.0 Å². The second-order valence-corrected chi connectivity index (χ2v) is 6.59. The standard InChI is InChI=1S/C23H24FN3O2/c1-29-21-9-4-18(5-10-21)12-14-25-20-8-11-22(27-16-20)23(28)26-15-13-17-2-6-19(24)7-3-17/h2-11,16,25H,12-15H2,1H3,(H,26,28). The van der Waals surface area contributed by atoms with Crippen LogP contribution in [0.2, 0.25) is 0 Å². The fraction of sp³-hybridized carbons (Fsp3) is 0.217. The van der Waals surface area contributed by atoms with Crippen LogP contribution in [0, 0.1) is 5.82 Å². The Kier molecular flexibility index (Phi) is 7.16. The normalized spacial score (nSPS) is 10.4. The average Bonchev–Trinajstić information content (AvgIpc) is 2.76. The smallest absolute Gasteiger partial charge is 0.269 e. The van der Waals surface area contributed by atoms with E-state index in [-0.39, 0.29) is 11.7 Å². The van der Waals surface area contributed by atoms with Crippen LogP contribution in [0.5, 0.6) is 5.75 Å². The van der Waals surface area contributed by atoms with Gasteiger partial charge in [-0.1, -0.05) is 24.3 Å². The van der Waals surface area contributed by atoms with Crippen LogP contribution in [0.15, 0.2) is 66.9 Å². The zero-order chi connectivity index (χ0) is 20.5. The Hall–Kier alpha value is -3.41. The summed E-state index contributed by atoms with van der Waals surface area (Å²) in [5.74, 6) is 0.356. The summed E-state index contributed by atoms with van der Waals surface area (Å²) < 4.78 is 18.0. The SMILES string of the molecule is COc1ccc(CCNc2ccc(C(=O)NCCc3ccc(F)cc3)nc2)cc1. The van der Waals surface area contributed by atoms with Gasteiger partial charge in [0.15, 0.2) is 0 Å². The van der Waals surface area contributed by atoms with E-state index >= 15 is 0 Å². The molecule has 0 atom stereocenters. The summed E-state index contributed by atoms with van der Waals surface area (Å²) in [7, 11) is 1.65. The number of anilines is 1. The molecule has 0 aliphatic rings.